The van der Waals surface area contributed by atoms with Crippen LogP contribution in [-0.2, 0) is 4.74 Å². The first-order valence-electron chi connectivity index (χ1n) is 7.33. The van der Waals surface area contributed by atoms with Gasteiger partial charge in [-0.25, -0.2) is 0 Å². The van der Waals surface area contributed by atoms with Crippen LogP contribution in [0.15, 0.2) is 12.1 Å². The summed E-state index contributed by atoms with van der Waals surface area (Å²) in [6, 6.07) is 3.88. The standard InChI is InChI=1S/C15H22N2O3/c1-2-18-11-3-5-17(6-4-11)13-10-15-14(9-12(13)16)19-7-8-20-15/h9-11H,2-8,16H2,1H3. The second-order valence-electron chi connectivity index (χ2n) is 5.20. The number of piperidine rings is 1. The predicted molar refractivity (Wildman–Crippen MR) is 78.7 cm³/mol. The normalized spacial score (nSPS) is 19.1. The lowest BCUT2D eigenvalue weighted by atomic mass is 10.1. The molecule has 5 heteroatoms. The van der Waals surface area contributed by atoms with Crippen molar-refractivity contribution in [3.63, 3.8) is 0 Å². The van der Waals surface area contributed by atoms with Gasteiger partial charge in [0, 0.05) is 31.8 Å². The molecule has 0 atom stereocenters. The highest BCUT2D eigenvalue weighted by molar-refractivity contribution is 5.73. The molecule has 0 aromatic heterocycles. The quantitative estimate of drug-likeness (QED) is 0.858. The summed E-state index contributed by atoms with van der Waals surface area (Å²) in [6.07, 6.45) is 2.47. The third kappa shape index (κ3) is 2.63. The molecule has 0 saturated carbocycles. The first-order chi connectivity index (χ1) is 9.78. The van der Waals surface area contributed by atoms with Gasteiger partial charge in [0.2, 0.25) is 0 Å². The number of nitrogens with zero attached hydrogens (tertiary/aromatic N) is 1. The summed E-state index contributed by atoms with van der Waals surface area (Å²) in [4.78, 5) is 2.31. The van der Waals surface area contributed by atoms with E-state index in [0.717, 1.165) is 55.4 Å². The molecule has 3 rings (SSSR count). The largest absolute Gasteiger partial charge is 0.486 e. The Morgan fingerprint density at radius 1 is 1.20 bits per heavy atom. The molecule has 20 heavy (non-hydrogen) atoms. The predicted octanol–water partition coefficient (Wildman–Crippen LogP) is 2.05. The molecule has 2 heterocycles. The molecule has 110 valence electrons. The van der Waals surface area contributed by atoms with Gasteiger partial charge in [-0.15, -0.1) is 0 Å². The summed E-state index contributed by atoms with van der Waals surface area (Å²) in [7, 11) is 0. The number of nitrogen functional groups attached to an aromatic ring is 1. The summed E-state index contributed by atoms with van der Waals surface area (Å²) < 4.78 is 16.9. The van der Waals surface area contributed by atoms with E-state index in [4.69, 9.17) is 19.9 Å². The van der Waals surface area contributed by atoms with Crippen LogP contribution in [0.5, 0.6) is 11.5 Å². The first kappa shape index (κ1) is 13.4. The minimum atomic E-state index is 0.384. The summed E-state index contributed by atoms with van der Waals surface area (Å²) in [5.74, 6) is 1.55. The van der Waals surface area contributed by atoms with Gasteiger partial charge in [0.25, 0.3) is 0 Å². The molecular formula is C15H22N2O3. The number of rotatable bonds is 3. The van der Waals surface area contributed by atoms with Crippen molar-refractivity contribution in [3.05, 3.63) is 12.1 Å². The van der Waals surface area contributed by atoms with Crippen molar-refractivity contribution in [3.8, 4) is 11.5 Å². The second kappa shape index (κ2) is 5.79. The molecule has 0 aliphatic carbocycles. The number of anilines is 2. The van der Waals surface area contributed by atoms with Crippen LogP contribution < -0.4 is 20.1 Å². The Bertz CT molecular complexity index is 470. The highest BCUT2D eigenvalue weighted by Gasteiger charge is 2.23. The van der Waals surface area contributed by atoms with Crippen molar-refractivity contribution in [2.45, 2.75) is 25.9 Å². The fourth-order valence-electron chi connectivity index (χ4n) is 2.87. The minimum absolute atomic E-state index is 0.384. The van der Waals surface area contributed by atoms with E-state index in [1.807, 2.05) is 19.1 Å². The average molecular weight is 278 g/mol. The van der Waals surface area contributed by atoms with Gasteiger partial charge < -0.3 is 24.8 Å². The van der Waals surface area contributed by atoms with E-state index in [1.165, 1.54) is 0 Å². The molecule has 2 aliphatic rings. The van der Waals surface area contributed by atoms with Crippen molar-refractivity contribution in [2.75, 3.05) is 43.5 Å². The number of fused-ring (bicyclic) bond motifs is 1. The Morgan fingerprint density at radius 2 is 1.85 bits per heavy atom. The fraction of sp³-hybridized carbons (Fsp3) is 0.600. The smallest absolute Gasteiger partial charge is 0.163 e. The Kier molecular flexibility index (Phi) is 3.87. The topological polar surface area (TPSA) is 57.0 Å². The SMILES string of the molecule is CCOC1CCN(c2cc3c(cc2N)OCCO3)CC1. The van der Waals surface area contributed by atoms with Gasteiger partial charge >= 0.3 is 0 Å². The minimum Gasteiger partial charge on any atom is -0.486 e. The van der Waals surface area contributed by atoms with E-state index in [1.54, 1.807) is 0 Å². The van der Waals surface area contributed by atoms with Crippen LogP contribution in [0.25, 0.3) is 0 Å². The number of hydrogen-bond acceptors (Lipinski definition) is 5. The molecule has 0 spiro atoms. The van der Waals surface area contributed by atoms with Gasteiger partial charge in [0.15, 0.2) is 11.5 Å². The average Bonchev–Trinajstić information content (AvgIpc) is 2.48. The maximum Gasteiger partial charge on any atom is 0.163 e. The number of nitrogens with two attached hydrogens (primary N) is 1. The monoisotopic (exact) mass is 278 g/mol. The molecule has 0 radical (unpaired) electrons. The summed E-state index contributed by atoms with van der Waals surface area (Å²) in [5.41, 5.74) is 7.96. The van der Waals surface area contributed by atoms with Gasteiger partial charge in [-0.3, -0.25) is 0 Å². The maximum atomic E-state index is 6.16. The molecule has 2 aliphatic heterocycles. The van der Waals surface area contributed by atoms with E-state index < -0.39 is 0 Å². The fourth-order valence-corrected chi connectivity index (χ4v) is 2.87. The second-order valence-corrected chi connectivity index (χ2v) is 5.20. The van der Waals surface area contributed by atoms with Crippen LogP contribution in [0, 0.1) is 0 Å². The van der Waals surface area contributed by atoms with Crippen molar-refractivity contribution in [1.82, 2.24) is 0 Å². The molecule has 1 saturated heterocycles. The van der Waals surface area contributed by atoms with Crippen LogP contribution in [0.4, 0.5) is 11.4 Å². The third-order valence-electron chi connectivity index (χ3n) is 3.88. The molecule has 0 amide bonds. The Morgan fingerprint density at radius 3 is 2.50 bits per heavy atom. The Labute approximate surface area is 119 Å². The van der Waals surface area contributed by atoms with Gasteiger partial charge in [0.05, 0.1) is 17.5 Å². The van der Waals surface area contributed by atoms with Crippen molar-refractivity contribution in [1.29, 1.82) is 0 Å². The molecule has 0 bridgehead atoms. The third-order valence-corrected chi connectivity index (χ3v) is 3.88. The van der Waals surface area contributed by atoms with Gasteiger partial charge in [-0.1, -0.05) is 0 Å². The maximum absolute atomic E-state index is 6.16. The molecule has 5 nitrogen and oxygen atoms in total. The van der Waals surface area contributed by atoms with E-state index >= 15 is 0 Å². The van der Waals surface area contributed by atoms with Gasteiger partial charge in [-0.2, -0.15) is 0 Å². The number of hydrogen-bond donors (Lipinski definition) is 1. The van der Waals surface area contributed by atoms with Crippen LogP contribution >= 0.6 is 0 Å². The summed E-state index contributed by atoms with van der Waals surface area (Å²) in [6.45, 7) is 5.96. The zero-order chi connectivity index (χ0) is 13.9. The van der Waals surface area contributed by atoms with E-state index in [2.05, 4.69) is 4.90 Å². The van der Waals surface area contributed by atoms with Crippen molar-refractivity contribution >= 4 is 11.4 Å². The summed E-state index contributed by atoms with van der Waals surface area (Å²) in [5, 5.41) is 0. The highest BCUT2D eigenvalue weighted by Crippen LogP contribution is 2.39. The zero-order valence-corrected chi connectivity index (χ0v) is 11.9. The van der Waals surface area contributed by atoms with Crippen LogP contribution in [0.1, 0.15) is 19.8 Å². The Hall–Kier alpha value is -1.62. The van der Waals surface area contributed by atoms with Gasteiger partial charge in [0.1, 0.15) is 13.2 Å². The molecular weight excluding hydrogens is 256 g/mol. The lowest BCUT2D eigenvalue weighted by Crippen LogP contribution is -2.37. The van der Waals surface area contributed by atoms with Crippen LogP contribution in [0.2, 0.25) is 0 Å². The zero-order valence-electron chi connectivity index (χ0n) is 11.9. The van der Waals surface area contributed by atoms with Crippen LogP contribution in [-0.4, -0.2) is 39.0 Å². The molecule has 2 N–H and O–H groups in total. The molecule has 1 aromatic rings. The van der Waals surface area contributed by atoms with Crippen molar-refractivity contribution < 1.29 is 14.2 Å². The molecule has 0 unspecified atom stereocenters. The van der Waals surface area contributed by atoms with E-state index in [-0.39, 0.29) is 0 Å². The molecule has 1 fully saturated rings. The van der Waals surface area contributed by atoms with Crippen LogP contribution in [0.3, 0.4) is 0 Å². The Balaban J connectivity index is 1.74. The highest BCUT2D eigenvalue weighted by atomic mass is 16.6. The number of ether oxygens (including phenoxy) is 3. The van der Waals surface area contributed by atoms with Gasteiger partial charge in [-0.05, 0) is 19.8 Å². The van der Waals surface area contributed by atoms with E-state index in [9.17, 15) is 0 Å². The number of benzene rings is 1. The lowest BCUT2D eigenvalue weighted by molar-refractivity contribution is 0.0459. The summed E-state index contributed by atoms with van der Waals surface area (Å²) >= 11 is 0. The van der Waals surface area contributed by atoms with E-state index in [0.29, 0.717) is 19.3 Å². The first-order valence-corrected chi connectivity index (χ1v) is 7.33. The lowest BCUT2D eigenvalue weighted by Gasteiger charge is -2.34. The van der Waals surface area contributed by atoms with Crippen molar-refractivity contribution in [2.24, 2.45) is 0 Å². The molecule has 1 aromatic carbocycles.